The van der Waals surface area contributed by atoms with E-state index in [0.717, 1.165) is 0 Å². The van der Waals surface area contributed by atoms with E-state index in [9.17, 15) is 9.90 Å². The van der Waals surface area contributed by atoms with Crippen LogP contribution in [0.2, 0.25) is 0 Å². The highest BCUT2D eigenvalue weighted by molar-refractivity contribution is 5.71. The standard InChI is InChI=1S/C9H18O3/c1-6(7(10)11)9(5,12)8(2,3)4/h6,12H,1-5H3,(H,10,11)/t6-,9+/m1/s1. The highest BCUT2D eigenvalue weighted by Crippen LogP contribution is 2.35. The van der Waals surface area contributed by atoms with Crippen molar-refractivity contribution in [2.45, 2.75) is 40.2 Å². The van der Waals surface area contributed by atoms with E-state index in [2.05, 4.69) is 0 Å². The summed E-state index contributed by atoms with van der Waals surface area (Å²) in [6.45, 7) is 8.56. The number of hydrogen-bond acceptors (Lipinski definition) is 2. The van der Waals surface area contributed by atoms with E-state index in [1.807, 2.05) is 20.8 Å². The summed E-state index contributed by atoms with van der Waals surface area (Å²) in [7, 11) is 0. The van der Waals surface area contributed by atoms with Crippen LogP contribution >= 0.6 is 0 Å². The van der Waals surface area contributed by atoms with Gasteiger partial charge in [0.2, 0.25) is 0 Å². The predicted molar refractivity (Wildman–Crippen MR) is 46.9 cm³/mol. The molecule has 0 unspecified atom stereocenters. The van der Waals surface area contributed by atoms with Crippen molar-refractivity contribution in [3.05, 3.63) is 0 Å². The minimum Gasteiger partial charge on any atom is -0.481 e. The second-order valence-electron chi connectivity index (χ2n) is 4.46. The minimum atomic E-state index is -1.18. The highest BCUT2D eigenvalue weighted by atomic mass is 16.4. The normalized spacial score (nSPS) is 19.8. The molecule has 0 saturated carbocycles. The summed E-state index contributed by atoms with van der Waals surface area (Å²) >= 11 is 0. The largest absolute Gasteiger partial charge is 0.481 e. The van der Waals surface area contributed by atoms with E-state index < -0.39 is 22.9 Å². The first kappa shape index (κ1) is 11.4. The van der Waals surface area contributed by atoms with Gasteiger partial charge in [-0.3, -0.25) is 4.79 Å². The first-order valence-electron chi connectivity index (χ1n) is 4.06. The van der Waals surface area contributed by atoms with Gasteiger partial charge in [-0.15, -0.1) is 0 Å². The molecule has 72 valence electrons. The SMILES string of the molecule is C[C@H](C(=O)O)[C@](C)(O)C(C)(C)C. The molecule has 0 radical (unpaired) electrons. The second kappa shape index (κ2) is 3.05. The predicted octanol–water partition coefficient (Wildman–Crippen LogP) is 1.50. The van der Waals surface area contributed by atoms with Crippen LogP contribution in [-0.4, -0.2) is 21.8 Å². The maximum absolute atomic E-state index is 10.6. The van der Waals surface area contributed by atoms with Crippen LogP contribution in [0.3, 0.4) is 0 Å². The Balaban J connectivity index is 4.73. The maximum Gasteiger partial charge on any atom is 0.309 e. The number of aliphatic carboxylic acids is 1. The molecule has 0 aromatic rings. The summed E-state index contributed by atoms with van der Waals surface area (Å²) in [5.74, 6) is -1.72. The second-order valence-corrected chi connectivity index (χ2v) is 4.46. The fraction of sp³-hybridized carbons (Fsp3) is 0.889. The molecule has 2 N–H and O–H groups in total. The first-order valence-corrected chi connectivity index (χ1v) is 4.06. The zero-order valence-electron chi connectivity index (χ0n) is 8.38. The van der Waals surface area contributed by atoms with Crippen molar-refractivity contribution >= 4 is 5.97 Å². The molecule has 0 aromatic heterocycles. The monoisotopic (exact) mass is 174 g/mol. The molecular weight excluding hydrogens is 156 g/mol. The van der Waals surface area contributed by atoms with Crippen molar-refractivity contribution in [1.82, 2.24) is 0 Å². The maximum atomic E-state index is 10.6. The van der Waals surface area contributed by atoms with Crippen LogP contribution < -0.4 is 0 Å². The van der Waals surface area contributed by atoms with Crippen molar-refractivity contribution in [2.75, 3.05) is 0 Å². The van der Waals surface area contributed by atoms with E-state index in [1.165, 1.54) is 6.92 Å². The fourth-order valence-corrected chi connectivity index (χ4v) is 0.890. The zero-order chi connectivity index (χ0) is 10.2. The third kappa shape index (κ3) is 1.97. The van der Waals surface area contributed by atoms with Crippen molar-refractivity contribution in [1.29, 1.82) is 0 Å². The average Bonchev–Trinajstić information content (AvgIpc) is 1.83. The number of hydrogen-bond donors (Lipinski definition) is 2. The number of aliphatic hydroxyl groups is 1. The first-order chi connectivity index (χ1) is 5.10. The molecule has 0 aromatic carbocycles. The molecule has 0 spiro atoms. The molecule has 0 bridgehead atoms. The van der Waals surface area contributed by atoms with Gasteiger partial charge in [0, 0.05) is 0 Å². The van der Waals surface area contributed by atoms with E-state index >= 15 is 0 Å². The van der Waals surface area contributed by atoms with Crippen LogP contribution in [0, 0.1) is 11.3 Å². The average molecular weight is 174 g/mol. The minimum absolute atomic E-state index is 0.426. The fourth-order valence-electron chi connectivity index (χ4n) is 0.890. The Kier molecular flexibility index (Phi) is 2.91. The third-order valence-corrected chi connectivity index (χ3v) is 2.73. The lowest BCUT2D eigenvalue weighted by Gasteiger charge is -2.39. The van der Waals surface area contributed by atoms with Crippen LogP contribution in [0.1, 0.15) is 34.6 Å². The van der Waals surface area contributed by atoms with Gasteiger partial charge in [-0.25, -0.2) is 0 Å². The molecule has 2 atom stereocenters. The van der Waals surface area contributed by atoms with Gasteiger partial charge in [0.05, 0.1) is 11.5 Å². The smallest absolute Gasteiger partial charge is 0.309 e. The van der Waals surface area contributed by atoms with Gasteiger partial charge in [-0.2, -0.15) is 0 Å². The lowest BCUT2D eigenvalue weighted by atomic mass is 9.71. The van der Waals surface area contributed by atoms with Crippen molar-refractivity contribution in [3.63, 3.8) is 0 Å². The van der Waals surface area contributed by atoms with Gasteiger partial charge >= 0.3 is 5.97 Å². The van der Waals surface area contributed by atoms with Gasteiger partial charge in [-0.05, 0) is 19.3 Å². The van der Waals surface area contributed by atoms with E-state index in [-0.39, 0.29) is 0 Å². The van der Waals surface area contributed by atoms with Crippen LogP contribution in [0.25, 0.3) is 0 Å². The molecule has 0 aliphatic carbocycles. The molecule has 0 heterocycles. The Hall–Kier alpha value is -0.570. The Bertz CT molecular complexity index is 177. The van der Waals surface area contributed by atoms with Crippen LogP contribution in [0.5, 0.6) is 0 Å². The quantitative estimate of drug-likeness (QED) is 0.667. The van der Waals surface area contributed by atoms with Gasteiger partial charge < -0.3 is 10.2 Å². The van der Waals surface area contributed by atoms with E-state index in [4.69, 9.17) is 5.11 Å². The molecule has 3 heteroatoms. The molecule has 0 saturated heterocycles. The van der Waals surface area contributed by atoms with Crippen LogP contribution in [-0.2, 0) is 4.79 Å². The van der Waals surface area contributed by atoms with Gasteiger partial charge in [0.15, 0.2) is 0 Å². The number of carboxylic acid groups (broad SMARTS) is 1. The lowest BCUT2D eigenvalue weighted by molar-refractivity contribution is -0.158. The summed E-state index contributed by atoms with van der Waals surface area (Å²) in [6, 6.07) is 0. The molecule has 3 nitrogen and oxygen atoms in total. The van der Waals surface area contributed by atoms with Gasteiger partial charge in [-0.1, -0.05) is 20.8 Å². The van der Waals surface area contributed by atoms with Crippen molar-refractivity contribution in [3.8, 4) is 0 Å². The number of carboxylic acids is 1. The summed E-state index contributed by atoms with van der Waals surface area (Å²) in [5, 5.41) is 18.6. The number of rotatable bonds is 2. The van der Waals surface area contributed by atoms with Crippen LogP contribution in [0.15, 0.2) is 0 Å². The summed E-state index contributed by atoms with van der Waals surface area (Å²) < 4.78 is 0. The molecule has 0 amide bonds. The Labute approximate surface area is 73.4 Å². The molecule has 0 fully saturated rings. The Morgan fingerprint density at radius 3 is 1.67 bits per heavy atom. The molecule has 12 heavy (non-hydrogen) atoms. The highest BCUT2D eigenvalue weighted by Gasteiger charge is 2.43. The molecule has 0 aliphatic rings. The molecule has 0 rings (SSSR count). The van der Waals surface area contributed by atoms with Crippen LogP contribution in [0.4, 0.5) is 0 Å². The molecule has 0 aliphatic heterocycles. The zero-order valence-corrected chi connectivity index (χ0v) is 8.38. The van der Waals surface area contributed by atoms with Crippen molar-refractivity contribution in [2.24, 2.45) is 11.3 Å². The Morgan fingerprint density at radius 1 is 1.25 bits per heavy atom. The van der Waals surface area contributed by atoms with Crippen molar-refractivity contribution < 1.29 is 15.0 Å². The topological polar surface area (TPSA) is 57.5 Å². The molecular formula is C9H18O3. The summed E-state index contributed by atoms with van der Waals surface area (Å²) in [6.07, 6.45) is 0. The number of carbonyl (C=O) groups is 1. The summed E-state index contributed by atoms with van der Waals surface area (Å²) in [5.41, 5.74) is -1.61. The van der Waals surface area contributed by atoms with Gasteiger partial charge in [0.25, 0.3) is 0 Å². The van der Waals surface area contributed by atoms with Gasteiger partial charge in [0.1, 0.15) is 0 Å². The van der Waals surface area contributed by atoms with E-state index in [0.29, 0.717) is 0 Å². The lowest BCUT2D eigenvalue weighted by Crippen LogP contribution is -2.48. The summed E-state index contributed by atoms with van der Waals surface area (Å²) in [4.78, 5) is 10.6. The van der Waals surface area contributed by atoms with E-state index in [1.54, 1.807) is 6.92 Å². The third-order valence-electron chi connectivity index (χ3n) is 2.73. The Morgan fingerprint density at radius 2 is 1.58 bits per heavy atom.